The van der Waals surface area contributed by atoms with Crippen molar-refractivity contribution in [2.24, 2.45) is 0 Å². The molecular weight excluding hydrogens is 248 g/mol. The summed E-state index contributed by atoms with van der Waals surface area (Å²) in [7, 11) is 0. The summed E-state index contributed by atoms with van der Waals surface area (Å²) in [5.41, 5.74) is 0.713. The third kappa shape index (κ3) is 3.79. The first-order valence-electron chi connectivity index (χ1n) is 3.73. The molecule has 0 unspecified atom stereocenters. The first-order chi connectivity index (χ1) is 6.22. The molecule has 0 aliphatic heterocycles. The predicted molar refractivity (Wildman–Crippen MR) is 60.6 cm³/mol. The zero-order valence-electron chi connectivity index (χ0n) is 7.00. The lowest BCUT2D eigenvalue weighted by Crippen LogP contribution is -1.81. The third-order valence-electron chi connectivity index (χ3n) is 1.39. The molecule has 0 radical (unpaired) electrons. The van der Waals surface area contributed by atoms with Crippen molar-refractivity contribution in [1.82, 2.24) is 0 Å². The van der Waals surface area contributed by atoms with E-state index in [9.17, 15) is 4.79 Å². The van der Waals surface area contributed by atoms with Crippen LogP contribution in [-0.4, -0.2) is 12.0 Å². The Morgan fingerprint density at radius 2 is 2.38 bits per heavy atom. The van der Waals surface area contributed by atoms with Crippen molar-refractivity contribution in [3.63, 3.8) is 0 Å². The molecule has 0 fully saturated rings. The van der Waals surface area contributed by atoms with E-state index in [2.05, 4.69) is 22.5 Å². The number of hydrogen-bond donors (Lipinski definition) is 0. The monoisotopic (exact) mass is 256 g/mol. The van der Waals surface area contributed by atoms with E-state index in [-0.39, 0.29) is 0 Å². The van der Waals surface area contributed by atoms with Crippen LogP contribution in [0.1, 0.15) is 10.4 Å². The molecule has 13 heavy (non-hydrogen) atoms. The minimum atomic E-state index is 0.713. The molecule has 0 saturated carbocycles. The average molecular weight is 257 g/mol. The Morgan fingerprint density at radius 3 is 3.00 bits per heavy atom. The lowest BCUT2D eigenvalue weighted by Gasteiger charge is -2.00. The average Bonchev–Trinajstić information content (AvgIpc) is 2.15. The molecule has 3 heteroatoms. The predicted octanol–water partition coefficient (Wildman–Crippen LogP) is 3.50. The summed E-state index contributed by atoms with van der Waals surface area (Å²) in [5.74, 6) is 0.822. The van der Waals surface area contributed by atoms with E-state index < -0.39 is 0 Å². The Labute approximate surface area is 90.4 Å². The smallest absolute Gasteiger partial charge is 0.150 e. The van der Waals surface area contributed by atoms with Crippen LogP contribution in [0.15, 0.2) is 40.2 Å². The first-order valence-corrected chi connectivity index (χ1v) is 5.51. The maximum Gasteiger partial charge on any atom is 0.150 e. The van der Waals surface area contributed by atoms with Gasteiger partial charge in [0.2, 0.25) is 0 Å². The van der Waals surface area contributed by atoms with Crippen molar-refractivity contribution in [1.29, 1.82) is 0 Å². The summed E-state index contributed by atoms with van der Waals surface area (Å²) in [6.45, 7) is 3.74. The molecule has 0 aliphatic carbocycles. The molecule has 0 atom stereocenters. The van der Waals surface area contributed by atoms with Gasteiger partial charge in [0.15, 0.2) is 0 Å². The Hall–Kier alpha value is -0.540. The minimum Gasteiger partial charge on any atom is -0.298 e. The second kappa shape index (κ2) is 5.25. The maximum atomic E-state index is 10.5. The molecular formula is C10H9BrOS. The highest BCUT2D eigenvalue weighted by Gasteiger charge is 1.96. The fourth-order valence-corrected chi connectivity index (χ4v) is 1.90. The SMILES string of the molecule is C=C(Br)CSc1cccc(C=O)c1. The van der Waals surface area contributed by atoms with Gasteiger partial charge in [-0.15, -0.1) is 11.8 Å². The number of halogens is 1. The van der Waals surface area contributed by atoms with Crippen LogP contribution in [0.5, 0.6) is 0 Å². The van der Waals surface area contributed by atoms with Gasteiger partial charge in [0.1, 0.15) is 6.29 Å². The van der Waals surface area contributed by atoms with Crippen LogP contribution >= 0.6 is 27.7 Å². The lowest BCUT2D eigenvalue weighted by atomic mass is 10.2. The van der Waals surface area contributed by atoms with Gasteiger partial charge >= 0.3 is 0 Å². The summed E-state index contributed by atoms with van der Waals surface area (Å²) in [6.07, 6.45) is 0.854. The summed E-state index contributed by atoms with van der Waals surface area (Å²) >= 11 is 4.94. The van der Waals surface area contributed by atoms with Gasteiger partial charge < -0.3 is 0 Å². The van der Waals surface area contributed by atoms with Crippen LogP contribution in [0.4, 0.5) is 0 Å². The number of aldehydes is 1. The summed E-state index contributed by atoms with van der Waals surface area (Å²) in [4.78, 5) is 11.5. The highest BCUT2D eigenvalue weighted by molar-refractivity contribution is 9.11. The van der Waals surface area contributed by atoms with Crippen molar-refractivity contribution in [2.75, 3.05) is 5.75 Å². The Bertz CT molecular complexity index is 322. The van der Waals surface area contributed by atoms with Crippen molar-refractivity contribution < 1.29 is 4.79 Å². The number of carbonyl (C=O) groups is 1. The highest BCUT2D eigenvalue weighted by atomic mass is 79.9. The topological polar surface area (TPSA) is 17.1 Å². The van der Waals surface area contributed by atoms with E-state index in [4.69, 9.17) is 0 Å². The van der Waals surface area contributed by atoms with E-state index >= 15 is 0 Å². The molecule has 0 aliphatic rings. The molecule has 0 N–H and O–H groups in total. The number of carbonyl (C=O) groups excluding carboxylic acids is 1. The molecule has 1 aromatic rings. The van der Waals surface area contributed by atoms with Crippen molar-refractivity contribution in [3.05, 3.63) is 40.9 Å². The zero-order valence-corrected chi connectivity index (χ0v) is 9.40. The van der Waals surface area contributed by atoms with Crippen LogP contribution in [0.2, 0.25) is 0 Å². The van der Waals surface area contributed by atoms with Crippen molar-refractivity contribution in [2.45, 2.75) is 4.90 Å². The van der Waals surface area contributed by atoms with Gasteiger partial charge in [-0.05, 0) is 16.6 Å². The second-order valence-electron chi connectivity index (χ2n) is 2.50. The second-order valence-corrected chi connectivity index (χ2v) is 4.67. The van der Waals surface area contributed by atoms with Crippen LogP contribution in [0.25, 0.3) is 0 Å². The van der Waals surface area contributed by atoms with Crippen LogP contribution in [0.3, 0.4) is 0 Å². The number of thioether (sulfide) groups is 1. The van der Waals surface area contributed by atoms with E-state index in [1.54, 1.807) is 17.8 Å². The molecule has 0 amide bonds. The van der Waals surface area contributed by atoms with Gasteiger partial charge in [0.05, 0.1) is 0 Å². The van der Waals surface area contributed by atoms with Crippen LogP contribution < -0.4 is 0 Å². The van der Waals surface area contributed by atoms with Gasteiger partial charge in [0, 0.05) is 16.2 Å². The minimum absolute atomic E-state index is 0.713. The molecule has 68 valence electrons. The molecule has 0 bridgehead atoms. The number of rotatable bonds is 4. The van der Waals surface area contributed by atoms with Gasteiger partial charge in [0.25, 0.3) is 0 Å². The van der Waals surface area contributed by atoms with Crippen LogP contribution in [0, 0.1) is 0 Å². The highest BCUT2D eigenvalue weighted by Crippen LogP contribution is 2.22. The standard InChI is InChI=1S/C10H9BrOS/c1-8(11)7-13-10-4-2-3-9(5-10)6-12/h2-6H,1,7H2. The normalized spacial score (nSPS) is 9.62. The Balaban J connectivity index is 2.66. The number of benzene rings is 1. The molecule has 0 aromatic heterocycles. The molecule has 1 nitrogen and oxygen atoms in total. The summed E-state index contributed by atoms with van der Waals surface area (Å²) in [6, 6.07) is 7.52. The fraction of sp³-hybridized carbons (Fsp3) is 0.100. The lowest BCUT2D eigenvalue weighted by molar-refractivity contribution is 0.112. The van der Waals surface area contributed by atoms with Crippen molar-refractivity contribution in [3.8, 4) is 0 Å². The van der Waals surface area contributed by atoms with Gasteiger partial charge in [-0.25, -0.2) is 0 Å². The van der Waals surface area contributed by atoms with Crippen molar-refractivity contribution >= 4 is 34.0 Å². The van der Waals surface area contributed by atoms with Gasteiger partial charge in [-0.2, -0.15) is 0 Å². The van der Waals surface area contributed by atoms with Gasteiger partial charge in [-0.1, -0.05) is 34.6 Å². The molecule has 1 aromatic carbocycles. The molecule has 1 rings (SSSR count). The number of hydrogen-bond acceptors (Lipinski definition) is 2. The van der Waals surface area contributed by atoms with Crippen LogP contribution in [-0.2, 0) is 0 Å². The van der Waals surface area contributed by atoms with Gasteiger partial charge in [-0.3, -0.25) is 4.79 Å². The Kier molecular flexibility index (Phi) is 4.25. The summed E-state index contributed by atoms with van der Waals surface area (Å²) < 4.78 is 0.953. The summed E-state index contributed by atoms with van der Waals surface area (Å²) in [5, 5.41) is 0. The first kappa shape index (κ1) is 10.5. The quantitative estimate of drug-likeness (QED) is 0.606. The maximum absolute atomic E-state index is 10.5. The Morgan fingerprint density at radius 1 is 1.62 bits per heavy atom. The largest absolute Gasteiger partial charge is 0.298 e. The molecule has 0 heterocycles. The van der Waals surface area contributed by atoms with E-state index in [1.165, 1.54) is 0 Å². The van der Waals surface area contributed by atoms with E-state index in [1.807, 2.05) is 18.2 Å². The fourth-order valence-electron chi connectivity index (χ4n) is 0.839. The van der Waals surface area contributed by atoms with E-state index in [0.29, 0.717) is 5.56 Å². The molecule has 0 spiro atoms. The third-order valence-corrected chi connectivity index (χ3v) is 3.12. The zero-order chi connectivity index (χ0) is 9.68. The molecule has 0 saturated heterocycles. The van der Waals surface area contributed by atoms with E-state index in [0.717, 1.165) is 21.4 Å².